The molecule has 9 heteroatoms. The van der Waals surface area contributed by atoms with Gasteiger partial charge < -0.3 is 19.9 Å². The number of ether oxygens (including phenoxy) is 2. The molecule has 1 amide bonds. The highest BCUT2D eigenvalue weighted by Gasteiger charge is 2.28. The molecule has 2 aromatic carbocycles. The van der Waals surface area contributed by atoms with Gasteiger partial charge in [0.1, 0.15) is 10.8 Å². The van der Waals surface area contributed by atoms with Crippen molar-refractivity contribution in [3.8, 4) is 28.8 Å². The van der Waals surface area contributed by atoms with Crippen LogP contribution in [0.2, 0.25) is 0 Å². The van der Waals surface area contributed by atoms with Crippen molar-refractivity contribution in [2.45, 2.75) is 45.7 Å². The standard InChI is InChI=1S/C30H30N4O4S/c1-16-10-17(2)26(18(3)11-16)32-25(36)15-39-30-24-12-23-21(14-35)13-31-19(4)27(23)38-29(24)33-28(34-30)20-6-8-22(37-5)9-7-20/h6-11,13,35H,12,14-15H2,1-5H3,(H,32,36). The normalized spacial score (nSPS) is 11.8. The Morgan fingerprint density at radius 3 is 2.46 bits per heavy atom. The highest BCUT2D eigenvalue weighted by Crippen LogP contribution is 2.42. The number of fused-ring (bicyclic) bond motifs is 2. The summed E-state index contributed by atoms with van der Waals surface area (Å²) in [6.45, 7) is 7.75. The summed E-state index contributed by atoms with van der Waals surface area (Å²) >= 11 is 1.34. The maximum atomic E-state index is 13.1. The van der Waals surface area contributed by atoms with Gasteiger partial charge in [0.25, 0.3) is 0 Å². The zero-order valence-electron chi connectivity index (χ0n) is 22.6. The first-order valence-corrected chi connectivity index (χ1v) is 13.6. The predicted octanol–water partition coefficient (Wildman–Crippen LogP) is 5.70. The lowest BCUT2D eigenvalue weighted by atomic mass is 9.99. The average molecular weight is 543 g/mol. The van der Waals surface area contributed by atoms with Crippen LogP contribution in [-0.4, -0.2) is 38.8 Å². The quantitative estimate of drug-likeness (QED) is 0.199. The Morgan fingerprint density at radius 2 is 1.79 bits per heavy atom. The molecule has 0 fully saturated rings. The van der Waals surface area contributed by atoms with Crippen molar-refractivity contribution < 1.29 is 19.4 Å². The highest BCUT2D eigenvalue weighted by molar-refractivity contribution is 8.00. The maximum absolute atomic E-state index is 13.1. The Kier molecular flexibility index (Phi) is 7.54. The number of aliphatic hydroxyl groups excluding tert-OH is 1. The number of carbonyl (C=O) groups excluding carboxylic acids is 1. The molecule has 0 atom stereocenters. The Morgan fingerprint density at radius 1 is 1.08 bits per heavy atom. The fraction of sp³-hybridized carbons (Fsp3) is 0.267. The molecule has 2 N–H and O–H groups in total. The second-order valence-corrected chi connectivity index (χ2v) is 10.6. The van der Waals surface area contributed by atoms with Gasteiger partial charge in [-0.25, -0.2) is 4.98 Å². The number of nitrogens with zero attached hydrogens (tertiary/aromatic N) is 3. The SMILES string of the molecule is COc1ccc(-c2nc3c(c(SCC(=O)Nc4c(C)cc(C)cc4C)n2)Cc2c(CO)cnc(C)c2O3)cc1. The van der Waals surface area contributed by atoms with Gasteiger partial charge in [0.2, 0.25) is 11.8 Å². The highest BCUT2D eigenvalue weighted by atomic mass is 32.2. The van der Waals surface area contributed by atoms with E-state index in [1.54, 1.807) is 13.3 Å². The number of aryl methyl sites for hydroxylation is 4. The lowest BCUT2D eigenvalue weighted by molar-refractivity contribution is -0.113. The third-order valence-corrected chi connectivity index (χ3v) is 7.71. The number of hydrogen-bond donors (Lipinski definition) is 2. The molecule has 200 valence electrons. The van der Waals surface area contributed by atoms with Crippen molar-refractivity contribution in [3.05, 3.63) is 81.7 Å². The zero-order valence-corrected chi connectivity index (χ0v) is 23.4. The molecule has 1 aliphatic heterocycles. The van der Waals surface area contributed by atoms with Crippen molar-refractivity contribution in [2.24, 2.45) is 0 Å². The molecular formula is C30H30N4O4S. The number of benzene rings is 2. The van der Waals surface area contributed by atoms with Gasteiger partial charge >= 0.3 is 0 Å². The van der Waals surface area contributed by atoms with Crippen LogP contribution in [-0.2, 0) is 17.8 Å². The van der Waals surface area contributed by atoms with Crippen LogP contribution in [0, 0.1) is 27.7 Å². The number of thioether (sulfide) groups is 1. The predicted molar refractivity (Wildman–Crippen MR) is 152 cm³/mol. The molecule has 0 bridgehead atoms. The second kappa shape index (κ2) is 11.0. The van der Waals surface area contributed by atoms with E-state index in [0.717, 1.165) is 50.5 Å². The van der Waals surface area contributed by atoms with E-state index in [2.05, 4.69) is 22.4 Å². The van der Waals surface area contributed by atoms with E-state index >= 15 is 0 Å². The summed E-state index contributed by atoms with van der Waals surface area (Å²) in [5.41, 5.74) is 7.89. The summed E-state index contributed by atoms with van der Waals surface area (Å²) in [4.78, 5) is 27.0. The topological polar surface area (TPSA) is 106 Å². The van der Waals surface area contributed by atoms with Crippen LogP contribution in [0.3, 0.4) is 0 Å². The maximum Gasteiger partial charge on any atom is 0.234 e. The van der Waals surface area contributed by atoms with Crippen LogP contribution in [0.5, 0.6) is 17.4 Å². The first-order valence-electron chi connectivity index (χ1n) is 12.6. The number of aromatic nitrogens is 3. The monoisotopic (exact) mass is 542 g/mol. The van der Waals surface area contributed by atoms with Gasteiger partial charge in [0.05, 0.1) is 30.7 Å². The molecule has 2 aromatic heterocycles. The van der Waals surface area contributed by atoms with Crippen molar-refractivity contribution in [2.75, 3.05) is 18.2 Å². The van der Waals surface area contributed by atoms with E-state index in [-0.39, 0.29) is 18.3 Å². The molecule has 1 aliphatic rings. The van der Waals surface area contributed by atoms with Gasteiger partial charge in [-0.1, -0.05) is 29.5 Å². The Labute approximate surface area is 231 Å². The van der Waals surface area contributed by atoms with E-state index in [1.807, 2.05) is 52.0 Å². The lowest BCUT2D eigenvalue weighted by Gasteiger charge is -2.24. The number of anilines is 1. The van der Waals surface area contributed by atoms with Gasteiger partial charge in [0.15, 0.2) is 11.6 Å². The average Bonchev–Trinajstić information content (AvgIpc) is 2.93. The number of nitrogens with one attached hydrogen (secondary N) is 1. The van der Waals surface area contributed by atoms with Crippen LogP contribution >= 0.6 is 11.8 Å². The Bertz CT molecular complexity index is 1550. The minimum atomic E-state index is -0.154. The molecule has 8 nitrogen and oxygen atoms in total. The summed E-state index contributed by atoms with van der Waals surface area (Å²) in [5.74, 6) is 2.28. The van der Waals surface area contributed by atoms with E-state index < -0.39 is 0 Å². The summed E-state index contributed by atoms with van der Waals surface area (Å²) in [6, 6.07) is 11.6. The van der Waals surface area contributed by atoms with Crippen molar-refractivity contribution in [3.63, 3.8) is 0 Å². The fourth-order valence-corrected chi connectivity index (χ4v) is 5.59. The minimum absolute atomic E-state index is 0.123. The van der Waals surface area contributed by atoms with Crippen molar-refractivity contribution in [1.82, 2.24) is 15.0 Å². The van der Waals surface area contributed by atoms with Crippen LogP contribution in [0.25, 0.3) is 11.4 Å². The molecule has 3 heterocycles. The van der Waals surface area contributed by atoms with Gasteiger partial charge in [-0.15, -0.1) is 0 Å². The molecule has 4 aromatic rings. The summed E-state index contributed by atoms with van der Waals surface area (Å²) in [7, 11) is 1.62. The van der Waals surface area contributed by atoms with Crippen molar-refractivity contribution >= 4 is 23.4 Å². The summed E-state index contributed by atoms with van der Waals surface area (Å²) < 4.78 is 11.6. The Hall–Kier alpha value is -3.95. The summed E-state index contributed by atoms with van der Waals surface area (Å²) in [5, 5.41) is 13.6. The number of amides is 1. The van der Waals surface area contributed by atoms with Crippen LogP contribution in [0.15, 0.2) is 47.6 Å². The van der Waals surface area contributed by atoms with E-state index in [4.69, 9.17) is 19.4 Å². The first-order chi connectivity index (χ1) is 18.8. The van der Waals surface area contributed by atoms with Gasteiger partial charge in [0, 0.05) is 35.0 Å². The zero-order chi connectivity index (χ0) is 27.7. The number of carbonyl (C=O) groups is 1. The number of rotatable bonds is 7. The van der Waals surface area contributed by atoms with E-state index in [9.17, 15) is 9.90 Å². The number of hydrogen-bond acceptors (Lipinski definition) is 8. The minimum Gasteiger partial charge on any atom is -0.497 e. The molecule has 0 spiro atoms. The third-order valence-electron chi connectivity index (χ3n) is 6.69. The second-order valence-electron chi connectivity index (χ2n) is 9.59. The molecule has 0 radical (unpaired) electrons. The molecule has 0 unspecified atom stereocenters. The molecule has 39 heavy (non-hydrogen) atoms. The van der Waals surface area contributed by atoms with Crippen LogP contribution < -0.4 is 14.8 Å². The smallest absolute Gasteiger partial charge is 0.234 e. The fourth-order valence-electron chi connectivity index (χ4n) is 4.77. The number of aliphatic hydroxyl groups is 1. The van der Waals surface area contributed by atoms with E-state index in [0.29, 0.717) is 34.5 Å². The van der Waals surface area contributed by atoms with Crippen molar-refractivity contribution in [1.29, 1.82) is 0 Å². The summed E-state index contributed by atoms with van der Waals surface area (Å²) in [6.07, 6.45) is 2.13. The molecule has 0 saturated heterocycles. The third kappa shape index (κ3) is 5.46. The van der Waals surface area contributed by atoms with E-state index in [1.165, 1.54) is 11.8 Å². The van der Waals surface area contributed by atoms with Gasteiger partial charge in [-0.05, 0) is 63.1 Å². The molecular weight excluding hydrogens is 512 g/mol. The first kappa shape index (κ1) is 26.6. The lowest BCUT2D eigenvalue weighted by Crippen LogP contribution is -2.17. The van der Waals surface area contributed by atoms with Crippen LogP contribution in [0.1, 0.15) is 39.1 Å². The Balaban J connectivity index is 1.49. The van der Waals surface area contributed by atoms with Gasteiger partial charge in [-0.2, -0.15) is 4.98 Å². The molecule has 5 rings (SSSR count). The molecule has 0 saturated carbocycles. The van der Waals surface area contributed by atoms with Gasteiger partial charge in [-0.3, -0.25) is 9.78 Å². The largest absolute Gasteiger partial charge is 0.497 e. The number of pyridine rings is 1. The van der Waals surface area contributed by atoms with Crippen LogP contribution in [0.4, 0.5) is 5.69 Å². The molecule has 0 aliphatic carbocycles. The number of methoxy groups -OCH3 is 1.